The average molecular weight is 365 g/mol. The van der Waals surface area contributed by atoms with Crippen molar-refractivity contribution in [2.75, 3.05) is 7.11 Å². The number of sulfone groups is 1. The van der Waals surface area contributed by atoms with Crippen molar-refractivity contribution < 1.29 is 17.9 Å². The van der Waals surface area contributed by atoms with Gasteiger partial charge in [-0.15, -0.1) is 0 Å². The van der Waals surface area contributed by atoms with Crippen LogP contribution in [0.3, 0.4) is 0 Å². The van der Waals surface area contributed by atoms with Crippen LogP contribution >= 0.6 is 0 Å². The summed E-state index contributed by atoms with van der Waals surface area (Å²) in [5.74, 6) is 0.754. The van der Waals surface area contributed by atoms with E-state index < -0.39 is 21.2 Å². The standard InChI is InChI=1S/C20H28O4S/c1-15(2)25(21,22)18-11-14-20(12-5-4-6-13-20)24-19(18)16-7-9-17(23-3)10-8-16/h7-11,15,19H,4-6,12-14H2,1-3H3. The molecule has 138 valence electrons. The van der Waals surface area contributed by atoms with Crippen LogP contribution in [0.1, 0.15) is 64.0 Å². The molecule has 0 aromatic heterocycles. The summed E-state index contributed by atoms with van der Waals surface area (Å²) in [4.78, 5) is 0.420. The van der Waals surface area contributed by atoms with E-state index in [9.17, 15) is 8.42 Å². The minimum Gasteiger partial charge on any atom is -0.497 e. The monoisotopic (exact) mass is 364 g/mol. The van der Waals surface area contributed by atoms with E-state index in [-0.39, 0.29) is 5.60 Å². The van der Waals surface area contributed by atoms with Crippen molar-refractivity contribution in [3.63, 3.8) is 0 Å². The Bertz CT molecular complexity index is 725. The summed E-state index contributed by atoms with van der Waals surface area (Å²) in [6, 6.07) is 7.55. The molecule has 1 aliphatic heterocycles. The summed E-state index contributed by atoms with van der Waals surface area (Å²) < 4.78 is 37.5. The van der Waals surface area contributed by atoms with Crippen LogP contribution in [0, 0.1) is 0 Å². The van der Waals surface area contributed by atoms with Crippen molar-refractivity contribution in [3.05, 3.63) is 40.8 Å². The number of hydrogen-bond acceptors (Lipinski definition) is 4. The average Bonchev–Trinajstić information content (AvgIpc) is 2.62. The number of ether oxygens (including phenoxy) is 2. The van der Waals surface area contributed by atoms with Gasteiger partial charge in [0.2, 0.25) is 0 Å². The maximum Gasteiger partial charge on any atom is 0.179 e. The summed E-state index contributed by atoms with van der Waals surface area (Å²) in [6.45, 7) is 3.46. The van der Waals surface area contributed by atoms with Crippen LogP contribution < -0.4 is 4.74 Å². The number of methoxy groups -OCH3 is 1. The summed E-state index contributed by atoms with van der Waals surface area (Å²) in [7, 11) is -1.74. The van der Waals surface area contributed by atoms with Crippen LogP contribution in [0.4, 0.5) is 0 Å². The number of rotatable bonds is 4. The van der Waals surface area contributed by atoms with Crippen LogP contribution in [0.2, 0.25) is 0 Å². The van der Waals surface area contributed by atoms with Crippen LogP contribution in [-0.4, -0.2) is 26.4 Å². The van der Waals surface area contributed by atoms with E-state index in [1.165, 1.54) is 6.42 Å². The van der Waals surface area contributed by atoms with Gasteiger partial charge in [0.25, 0.3) is 0 Å². The third-order valence-corrected chi connectivity index (χ3v) is 7.71. The van der Waals surface area contributed by atoms with Gasteiger partial charge in [-0.1, -0.05) is 37.5 Å². The van der Waals surface area contributed by atoms with Gasteiger partial charge < -0.3 is 9.47 Å². The van der Waals surface area contributed by atoms with Crippen molar-refractivity contribution in [3.8, 4) is 5.75 Å². The highest BCUT2D eigenvalue weighted by atomic mass is 32.2. The molecule has 0 amide bonds. The zero-order chi connectivity index (χ0) is 18.1. The van der Waals surface area contributed by atoms with Crippen molar-refractivity contribution in [2.45, 2.75) is 69.3 Å². The van der Waals surface area contributed by atoms with Gasteiger partial charge in [0.15, 0.2) is 9.84 Å². The lowest BCUT2D eigenvalue weighted by Gasteiger charge is -2.43. The van der Waals surface area contributed by atoms with Gasteiger partial charge in [-0.2, -0.15) is 0 Å². The fourth-order valence-electron chi connectivity index (χ4n) is 3.82. The molecule has 1 aromatic carbocycles. The van der Waals surface area contributed by atoms with Crippen molar-refractivity contribution in [1.29, 1.82) is 0 Å². The molecule has 1 heterocycles. The normalized spacial score (nSPS) is 23.5. The lowest BCUT2D eigenvalue weighted by molar-refractivity contribution is -0.107. The largest absolute Gasteiger partial charge is 0.497 e. The van der Waals surface area contributed by atoms with E-state index >= 15 is 0 Å². The first-order valence-corrected chi connectivity index (χ1v) is 10.7. The molecular weight excluding hydrogens is 336 g/mol. The van der Waals surface area contributed by atoms with Crippen LogP contribution in [-0.2, 0) is 14.6 Å². The summed E-state index contributed by atoms with van der Waals surface area (Å²) in [5, 5.41) is -0.455. The maximum absolute atomic E-state index is 12.9. The first kappa shape index (κ1) is 18.5. The van der Waals surface area contributed by atoms with Gasteiger partial charge in [0.1, 0.15) is 11.9 Å². The predicted molar refractivity (Wildman–Crippen MR) is 99.4 cm³/mol. The molecule has 0 bridgehead atoms. The topological polar surface area (TPSA) is 52.6 Å². The first-order chi connectivity index (χ1) is 11.9. The molecule has 1 saturated carbocycles. The Labute approximate surface area is 151 Å². The fraction of sp³-hybridized carbons (Fsp3) is 0.600. The van der Waals surface area contributed by atoms with Crippen LogP contribution in [0.5, 0.6) is 5.75 Å². The highest BCUT2D eigenvalue weighted by Gasteiger charge is 2.43. The van der Waals surface area contributed by atoms with Gasteiger partial charge in [-0.25, -0.2) is 8.42 Å². The van der Waals surface area contributed by atoms with Gasteiger partial charge >= 0.3 is 0 Å². The smallest absolute Gasteiger partial charge is 0.179 e. The third-order valence-electron chi connectivity index (χ3n) is 5.43. The fourth-order valence-corrected chi connectivity index (χ4v) is 5.16. The molecule has 1 unspecified atom stereocenters. The van der Waals surface area contributed by atoms with Crippen LogP contribution in [0.25, 0.3) is 0 Å². The van der Waals surface area contributed by atoms with E-state index in [1.54, 1.807) is 21.0 Å². The molecule has 1 fully saturated rings. The Morgan fingerprint density at radius 3 is 2.32 bits per heavy atom. The van der Waals surface area contributed by atoms with E-state index in [0.717, 1.165) is 37.0 Å². The van der Waals surface area contributed by atoms with Crippen molar-refractivity contribution in [1.82, 2.24) is 0 Å². The molecule has 1 aliphatic carbocycles. The number of benzene rings is 1. The van der Waals surface area contributed by atoms with Crippen molar-refractivity contribution in [2.24, 2.45) is 0 Å². The third kappa shape index (κ3) is 3.63. The van der Waals surface area contributed by atoms with Crippen LogP contribution in [0.15, 0.2) is 35.2 Å². The molecule has 5 heteroatoms. The number of hydrogen-bond donors (Lipinski definition) is 0. The van der Waals surface area contributed by atoms with Gasteiger partial charge in [0, 0.05) is 0 Å². The van der Waals surface area contributed by atoms with E-state index in [2.05, 4.69) is 0 Å². The minimum atomic E-state index is -3.36. The second-order valence-electron chi connectivity index (χ2n) is 7.42. The van der Waals surface area contributed by atoms with E-state index in [1.807, 2.05) is 30.3 Å². The van der Waals surface area contributed by atoms with Gasteiger partial charge in [0.05, 0.1) is 22.9 Å². The molecule has 25 heavy (non-hydrogen) atoms. The molecule has 2 aliphatic rings. The van der Waals surface area contributed by atoms with E-state index in [0.29, 0.717) is 11.3 Å². The zero-order valence-electron chi connectivity index (χ0n) is 15.3. The molecule has 0 N–H and O–H groups in total. The Kier molecular flexibility index (Phi) is 5.26. The first-order valence-electron chi connectivity index (χ1n) is 9.14. The molecule has 1 aromatic rings. The molecule has 0 radical (unpaired) electrons. The second-order valence-corrected chi connectivity index (χ2v) is 9.92. The Morgan fingerprint density at radius 1 is 1.12 bits per heavy atom. The molecule has 1 spiro atoms. The van der Waals surface area contributed by atoms with E-state index in [4.69, 9.17) is 9.47 Å². The predicted octanol–water partition coefficient (Wildman–Crippen LogP) is 4.57. The summed E-state index contributed by atoms with van der Waals surface area (Å²) in [6.07, 6.45) is 7.64. The van der Waals surface area contributed by atoms with Gasteiger partial charge in [-0.3, -0.25) is 0 Å². The highest BCUT2D eigenvalue weighted by Crippen LogP contribution is 2.46. The Morgan fingerprint density at radius 2 is 1.76 bits per heavy atom. The zero-order valence-corrected chi connectivity index (χ0v) is 16.1. The summed E-state index contributed by atoms with van der Waals surface area (Å²) in [5.41, 5.74) is 0.666. The highest BCUT2D eigenvalue weighted by molar-refractivity contribution is 7.95. The van der Waals surface area contributed by atoms with Gasteiger partial charge in [-0.05, 0) is 50.8 Å². The van der Waals surface area contributed by atoms with Crippen molar-refractivity contribution >= 4 is 9.84 Å². The molecule has 4 nitrogen and oxygen atoms in total. The quantitative estimate of drug-likeness (QED) is 0.785. The lowest BCUT2D eigenvalue weighted by atomic mass is 9.80. The molecular formula is C20H28O4S. The Balaban J connectivity index is 2.01. The molecule has 3 rings (SSSR count). The maximum atomic E-state index is 12.9. The molecule has 0 saturated heterocycles. The SMILES string of the molecule is COc1ccc(C2OC3(CC=C2S(=O)(=O)C(C)C)CCCCC3)cc1. The second kappa shape index (κ2) is 7.12. The Hall–Kier alpha value is -1.33. The lowest BCUT2D eigenvalue weighted by Crippen LogP contribution is -2.40. The summed E-state index contributed by atoms with van der Waals surface area (Å²) >= 11 is 0. The molecule has 1 atom stereocenters. The minimum absolute atomic E-state index is 0.209.